The van der Waals surface area contributed by atoms with Crippen LogP contribution in [-0.2, 0) is 0 Å². The number of aromatic nitrogens is 2. The van der Waals surface area contributed by atoms with Gasteiger partial charge in [0, 0.05) is 34.8 Å². The van der Waals surface area contributed by atoms with Crippen LogP contribution in [-0.4, -0.2) is 35.5 Å². The number of benzene rings is 2. The van der Waals surface area contributed by atoms with Gasteiger partial charge < -0.3 is 10.3 Å². The molecule has 1 heterocycles. The maximum absolute atomic E-state index is 12.7. The van der Waals surface area contributed by atoms with Crippen molar-refractivity contribution in [2.75, 3.05) is 13.6 Å². The zero-order chi connectivity index (χ0) is 26.4. The number of hydrogen-bond donors (Lipinski definition) is 1. The molecule has 0 fully saturated rings. The van der Waals surface area contributed by atoms with E-state index in [4.69, 9.17) is 34.8 Å². The van der Waals surface area contributed by atoms with Crippen LogP contribution >= 0.6 is 34.8 Å². The molecule has 0 bridgehead atoms. The van der Waals surface area contributed by atoms with Crippen molar-refractivity contribution in [1.82, 2.24) is 15.1 Å². The third-order valence-electron chi connectivity index (χ3n) is 4.50. The number of allylic oxidation sites excluding steroid dienone is 2. The zero-order valence-corrected chi connectivity index (χ0v) is 22.9. The summed E-state index contributed by atoms with van der Waals surface area (Å²) in [5.41, 5.74) is 3.26. The highest BCUT2D eigenvalue weighted by atomic mass is 35.5. The first kappa shape index (κ1) is 30.2. The minimum atomic E-state index is -0.282. The highest BCUT2D eigenvalue weighted by molar-refractivity contribution is 6.35. The van der Waals surface area contributed by atoms with Crippen LogP contribution in [0.2, 0.25) is 15.1 Å². The number of carbonyl (C=O) groups excluding carboxylic acids is 1. The molecule has 0 radical (unpaired) electrons. The smallest absolute Gasteiger partial charge is 0.272 e. The topological polar surface area (TPSA) is 59.3 Å². The Morgan fingerprint density at radius 2 is 1.71 bits per heavy atom. The summed E-state index contributed by atoms with van der Waals surface area (Å²) in [5.74, 6) is -0.282. The zero-order valence-electron chi connectivity index (χ0n) is 20.6. The summed E-state index contributed by atoms with van der Waals surface area (Å²) < 4.78 is 1.66. The van der Waals surface area contributed by atoms with Crippen LogP contribution < -0.4 is 5.32 Å². The van der Waals surface area contributed by atoms with E-state index in [0.29, 0.717) is 33.0 Å². The van der Waals surface area contributed by atoms with Crippen molar-refractivity contribution in [3.63, 3.8) is 0 Å². The molecule has 1 amide bonds. The van der Waals surface area contributed by atoms with Crippen molar-refractivity contribution in [2.24, 2.45) is 4.99 Å². The van der Waals surface area contributed by atoms with Crippen molar-refractivity contribution in [3.8, 4) is 16.9 Å². The Morgan fingerprint density at radius 3 is 2.26 bits per heavy atom. The van der Waals surface area contributed by atoms with Gasteiger partial charge in [-0.25, -0.2) is 4.68 Å². The number of carbonyl (C=O) groups is 1. The SMILES string of the molecule is C=C/C=C/CNC(=O)c1nn(-c2ccc(Cl)cc2Cl)c(-c2ccc(Cl)cc2)c1C.CC.CC=NC. The molecule has 3 aromatic rings. The predicted molar refractivity (Wildman–Crippen MR) is 152 cm³/mol. The molecular formula is C27H31Cl3N4O. The lowest BCUT2D eigenvalue weighted by molar-refractivity contribution is 0.0952. The lowest BCUT2D eigenvalue weighted by Gasteiger charge is -2.11. The van der Waals surface area contributed by atoms with Gasteiger partial charge in [-0.05, 0) is 50.4 Å². The standard InChI is InChI=1S/C22H18Cl3N3O.C3H7N.C2H6/c1-3-4-5-12-26-22(29)20-14(2)21(15-6-8-16(23)9-7-15)28(27-20)19-11-10-17(24)13-18(19)25;1-3-4-2;1-2/h3-11,13H,1,12H2,2H3,(H,26,29);3H,1-2H3;1-2H3/b5-4+;;. The van der Waals surface area contributed by atoms with Crippen LogP contribution in [0, 0.1) is 6.92 Å². The van der Waals surface area contributed by atoms with Crippen molar-refractivity contribution in [2.45, 2.75) is 27.7 Å². The monoisotopic (exact) mass is 532 g/mol. The first-order valence-corrected chi connectivity index (χ1v) is 12.2. The van der Waals surface area contributed by atoms with Gasteiger partial charge in [-0.15, -0.1) is 0 Å². The number of amides is 1. The highest BCUT2D eigenvalue weighted by Crippen LogP contribution is 2.33. The summed E-state index contributed by atoms with van der Waals surface area (Å²) in [6, 6.07) is 12.5. The second-order valence-electron chi connectivity index (χ2n) is 6.73. The second-order valence-corrected chi connectivity index (χ2v) is 8.01. The molecule has 2 aromatic carbocycles. The van der Waals surface area contributed by atoms with E-state index in [1.807, 2.05) is 39.8 Å². The summed E-state index contributed by atoms with van der Waals surface area (Å²) in [5, 5.41) is 8.96. The molecule has 1 aromatic heterocycles. The Bertz CT molecular complexity index is 1160. The van der Waals surface area contributed by atoms with Crippen molar-refractivity contribution in [1.29, 1.82) is 0 Å². The molecule has 0 aliphatic carbocycles. The number of rotatable bonds is 6. The third kappa shape index (κ3) is 8.70. The van der Waals surface area contributed by atoms with Crippen LogP contribution in [0.3, 0.4) is 0 Å². The molecule has 35 heavy (non-hydrogen) atoms. The van der Waals surface area contributed by atoms with E-state index in [2.05, 4.69) is 22.0 Å². The maximum atomic E-state index is 12.7. The Hall–Kier alpha value is -2.86. The molecule has 0 saturated heterocycles. The van der Waals surface area contributed by atoms with E-state index in [-0.39, 0.29) is 5.91 Å². The predicted octanol–water partition coefficient (Wildman–Crippen LogP) is 8.01. The number of aliphatic imine (C=N–C) groups is 1. The van der Waals surface area contributed by atoms with Gasteiger partial charge in [0.25, 0.3) is 5.91 Å². The van der Waals surface area contributed by atoms with Gasteiger partial charge in [0.15, 0.2) is 5.69 Å². The fraction of sp³-hybridized carbons (Fsp3) is 0.222. The van der Waals surface area contributed by atoms with Gasteiger partial charge in [0.1, 0.15) is 0 Å². The van der Waals surface area contributed by atoms with Crippen LogP contribution in [0.5, 0.6) is 0 Å². The first-order chi connectivity index (χ1) is 16.8. The number of nitrogens with one attached hydrogen (secondary N) is 1. The van der Waals surface area contributed by atoms with Crippen molar-refractivity contribution < 1.29 is 4.79 Å². The van der Waals surface area contributed by atoms with Gasteiger partial charge >= 0.3 is 0 Å². The van der Waals surface area contributed by atoms with Crippen LogP contribution in [0.4, 0.5) is 0 Å². The first-order valence-electron chi connectivity index (χ1n) is 11.1. The summed E-state index contributed by atoms with van der Waals surface area (Å²) in [7, 11) is 1.75. The van der Waals surface area contributed by atoms with Crippen molar-refractivity contribution in [3.05, 3.63) is 93.6 Å². The van der Waals surface area contributed by atoms with Gasteiger partial charge in [0.05, 0.1) is 16.4 Å². The quantitative estimate of drug-likeness (QED) is 0.258. The van der Waals surface area contributed by atoms with Crippen molar-refractivity contribution >= 4 is 46.9 Å². The average molecular weight is 534 g/mol. The molecule has 186 valence electrons. The molecule has 0 aliphatic heterocycles. The van der Waals surface area contributed by atoms with Crippen LogP contribution in [0.1, 0.15) is 36.8 Å². The number of hydrogen-bond acceptors (Lipinski definition) is 3. The molecule has 0 aliphatic rings. The summed E-state index contributed by atoms with van der Waals surface area (Å²) in [6.07, 6.45) is 6.96. The maximum Gasteiger partial charge on any atom is 0.272 e. The molecule has 0 atom stereocenters. The van der Waals surface area contributed by atoms with E-state index >= 15 is 0 Å². The minimum Gasteiger partial charge on any atom is -0.347 e. The van der Waals surface area contributed by atoms with E-state index in [1.54, 1.807) is 66.5 Å². The average Bonchev–Trinajstić information content (AvgIpc) is 3.20. The van der Waals surface area contributed by atoms with E-state index in [9.17, 15) is 4.79 Å². The lowest BCUT2D eigenvalue weighted by atomic mass is 10.1. The van der Waals surface area contributed by atoms with E-state index in [1.165, 1.54) is 0 Å². The Balaban J connectivity index is 0.000000926. The molecule has 3 rings (SSSR count). The molecule has 0 unspecified atom stereocenters. The fourth-order valence-electron chi connectivity index (χ4n) is 2.89. The fourth-order valence-corrected chi connectivity index (χ4v) is 3.50. The normalized spacial score (nSPS) is 10.4. The largest absolute Gasteiger partial charge is 0.347 e. The Morgan fingerprint density at radius 1 is 1.11 bits per heavy atom. The summed E-state index contributed by atoms with van der Waals surface area (Å²) in [4.78, 5) is 16.3. The number of halogens is 3. The van der Waals surface area contributed by atoms with Gasteiger partial charge in [-0.3, -0.25) is 4.79 Å². The minimum absolute atomic E-state index is 0.282. The molecule has 5 nitrogen and oxygen atoms in total. The van der Waals surface area contributed by atoms with E-state index in [0.717, 1.165) is 16.8 Å². The van der Waals surface area contributed by atoms with Gasteiger partial charge in [0.2, 0.25) is 0 Å². The van der Waals surface area contributed by atoms with Gasteiger partial charge in [-0.1, -0.05) is 85.6 Å². The Labute approximate surface area is 223 Å². The number of nitrogens with zero attached hydrogens (tertiary/aromatic N) is 3. The summed E-state index contributed by atoms with van der Waals surface area (Å²) in [6.45, 7) is 11.7. The molecule has 1 N–H and O–H groups in total. The molecule has 0 spiro atoms. The third-order valence-corrected chi connectivity index (χ3v) is 5.29. The molecular weight excluding hydrogens is 503 g/mol. The Kier molecular flexibility index (Phi) is 13.7. The summed E-state index contributed by atoms with van der Waals surface area (Å²) >= 11 is 18.5. The van der Waals surface area contributed by atoms with Crippen LogP contribution in [0.15, 0.2) is 72.3 Å². The molecule has 0 saturated carbocycles. The van der Waals surface area contributed by atoms with Gasteiger partial charge in [-0.2, -0.15) is 5.10 Å². The molecule has 8 heteroatoms. The lowest BCUT2D eigenvalue weighted by Crippen LogP contribution is -2.24. The second kappa shape index (κ2) is 15.9. The van der Waals surface area contributed by atoms with E-state index < -0.39 is 0 Å². The highest BCUT2D eigenvalue weighted by Gasteiger charge is 2.23. The van der Waals surface area contributed by atoms with Crippen LogP contribution in [0.25, 0.3) is 16.9 Å².